The fraction of sp³-hybridized carbons (Fsp3) is 0.192. The summed E-state index contributed by atoms with van der Waals surface area (Å²) in [6.07, 6.45) is -4.42. The lowest BCUT2D eigenvalue weighted by Gasteiger charge is -2.29. The lowest BCUT2D eigenvalue weighted by atomic mass is 10.1. The number of nitrogens with zero attached hydrogens (tertiary/aromatic N) is 1. The summed E-state index contributed by atoms with van der Waals surface area (Å²) >= 11 is 15.4. The molecule has 4 aromatic rings. The Morgan fingerprint density at radius 2 is 1.86 bits per heavy atom. The third kappa shape index (κ3) is 5.31. The van der Waals surface area contributed by atoms with E-state index in [0.29, 0.717) is 38.8 Å². The minimum Gasteiger partial charge on any atom is -0.478 e. The molecule has 1 aliphatic heterocycles. The van der Waals surface area contributed by atoms with E-state index in [1.54, 1.807) is 36.4 Å². The van der Waals surface area contributed by atoms with E-state index in [0.717, 1.165) is 5.56 Å². The molecule has 0 saturated heterocycles. The van der Waals surface area contributed by atoms with Gasteiger partial charge in [0, 0.05) is 23.1 Å². The van der Waals surface area contributed by atoms with Crippen molar-refractivity contribution in [1.82, 2.24) is 4.90 Å². The number of halogens is 6. The van der Waals surface area contributed by atoms with Gasteiger partial charge in [0.1, 0.15) is 23.8 Å². The molecule has 0 amide bonds. The van der Waals surface area contributed by atoms with Crippen molar-refractivity contribution in [2.45, 2.75) is 19.1 Å². The quantitative estimate of drug-likeness (QED) is 0.228. The lowest BCUT2D eigenvalue weighted by Crippen LogP contribution is -2.34. The maximum Gasteiger partial charge on any atom is 0.453 e. The van der Waals surface area contributed by atoms with Crippen LogP contribution in [0.1, 0.15) is 16.9 Å². The second-order valence-electron chi connectivity index (χ2n) is 8.35. The van der Waals surface area contributed by atoms with Crippen LogP contribution in [0.25, 0.3) is 11.0 Å². The number of rotatable bonds is 5. The second kappa shape index (κ2) is 10.2. The predicted octanol–water partition coefficient (Wildman–Crippen LogP) is 8.07. The number of ether oxygens (including phenoxy) is 2. The molecule has 1 aromatic heterocycles. The molecule has 192 valence electrons. The summed E-state index contributed by atoms with van der Waals surface area (Å²) in [5.74, 6) is -2.05. The van der Waals surface area contributed by atoms with Crippen LogP contribution in [0.2, 0.25) is 10.0 Å². The molecule has 5 nitrogen and oxygen atoms in total. The van der Waals surface area contributed by atoms with Gasteiger partial charge in [-0.3, -0.25) is 9.69 Å². The summed E-state index contributed by atoms with van der Waals surface area (Å²) in [5, 5.41) is 1.00. The van der Waals surface area contributed by atoms with Gasteiger partial charge < -0.3 is 13.9 Å². The Labute approximate surface area is 227 Å². The maximum atomic E-state index is 14.1. The average molecular weight is 615 g/mol. The summed E-state index contributed by atoms with van der Waals surface area (Å²) in [7, 11) is 0. The normalized spacial score (nSPS) is 13.9. The van der Waals surface area contributed by atoms with Crippen LogP contribution in [0, 0.1) is 0 Å². The van der Waals surface area contributed by atoms with Crippen molar-refractivity contribution in [3.05, 3.63) is 96.2 Å². The molecule has 0 radical (unpaired) electrons. The van der Waals surface area contributed by atoms with Gasteiger partial charge in [0.05, 0.1) is 15.4 Å². The summed E-state index contributed by atoms with van der Waals surface area (Å²) < 4.78 is 59.2. The van der Waals surface area contributed by atoms with E-state index in [9.17, 15) is 18.0 Å². The molecule has 3 aromatic carbocycles. The van der Waals surface area contributed by atoms with Crippen molar-refractivity contribution in [2.24, 2.45) is 0 Å². The van der Waals surface area contributed by atoms with Gasteiger partial charge in [-0.2, -0.15) is 13.2 Å². The van der Waals surface area contributed by atoms with E-state index in [1.807, 2.05) is 11.0 Å². The van der Waals surface area contributed by atoms with Crippen molar-refractivity contribution in [3.63, 3.8) is 0 Å². The first kappa shape index (κ1) is 25.9. The number of hydrogen-bond acceptors (Lipinski definition) is 5. The molecule has 37 heavy (non-hydrogen) atoms. The number of hydrogen-bond donors (Lipinski definition) is 0. The molecule has 0 spiro atoms. The van der Waals surface area contributed by atoms with Crippen LogP contribution >= 0.6 is 39.1 Å². The number of para-hydroxylation sites is 1. The van der Waals surface area contributed by atoms with Gasteiger partial charge in [0.25, 0.3) is 5.76 Å². The fourth-order valence-corrected chi connectivity index (χ4v) is 4.93. The second-order valence-corrected chi connectivity index (χ2v) is 10.0. The highest BCUT2D eigenvalue weighted by Crippen LogP contribution is 2.41. The van der Waals surface area contributed by atoms with E-state index < -0.39 is 23.1 Å². The van der Waals surface area contributed by atoms with Gasteiger partial charge in [-0.05, 0) is 64.3 Å². The van der Waals surface area contributed by atoms with Crippen molar-refractivity contribution in [3.8, 4) is 17.2 Å². The minimum atomic E-state index is -4.98. The molecule has 0 bridgehead atoms. The van der Waals surface area contributed by atoms with Gasteiger partial charge in [0.15, 0.2) is 0 Å². The van der Waals surface area contributed by atoms with Gasteiger partial charge in [-0.15, -0.1) is 0 Å². The largest absolute Gasteiger partial charge is 0.478 e. The van der Waals surface area contributed by atoms with Crippen LogP contribution < -0.4 is 14.9 Å². The standard InChI is InChI=1S/C26H17BrCl2F3NO4/c27-18-3-1-2-4-21(18)36-24-22(34)16-7-8-20-17(23(16)37-25(24)26(30,31)32)12-33(13-35-20)10-9-14-5-6-15(28)11-19(14)29/h1-8,11H,9-10,12-13H2. The Kier molecular flexibility index (Phi) is 7.15. The van der Waals surface area contributed by atoms with Crippen molar-refractivity contribution >= 4 is 50.1 Å². The van der Waals surface area contributed by atoms with E-state index in [4.69, 9.17) is 37.1 Å². The predicted molar refractivity (Wildman–Crippen MR) is 138 cm³/mol. The molecule has 2 heterocycles. The zero-order chi connectivity index (χ0) is 26.3. The zero-order valence-corrected chi connectivity index (χ0v) is 22.0. The van der Waals surface area contributed by atoms with Gasteiger partial charge in [-0.1, -0.05) is 41.4 Å². The minimum absolute atomic E-state index is 0.0417. The Bertz CT molecular complexity index is 1560. The highest BCUT2D eigenvalue weighted by atomic mass is 79.9. The first-order valence-corrected chi connectivity index (χ1v) is 12.6. The van der Waals surface area contributed by atoms with Gasteiger partial charge in [-0.25, -0.2) is 0 Å². The van der Waals surface area contributed by atoms with E-state index in [2.05, 4.69) is 15.9 Å². The summed E-state index contributed by atoms with van der Waals surface area (Å²) in [5.41, 5.74) is 0.0938. The molecule has 0 N–H and O–H groups in total. The Morgan fingerprint density at radius 1 is 1.08 bits per heavy atom. The molecule has 11 heteroatoms. The monoisotopic (exact) mass is 613 g/mol. The maximum absolute atomic E-state index is 14.1. The first-order valence-electron chi connectivity index (χ1n) is 11.0. The molecule has 0 saturated carbocycles. The Balaban J connectivity index is 1.52. The summed E-state index contributed by atoms with van der Waals surface area (Å²) in [6, 6.07) is 14.4. The number of fused-ring (bicyclic) bond motifs is 3. The van der Waals surface area contributed by atoms with Crippen LogP contribution in [0.4, 0.5) is 13.2 Å². The SMILES string of the molecule is O=c1c(Oc2ccccc2Br)c(C(F)(F)F)oc2c3c(ccc12)OCN(CCc1ccc(Cl)cc1Cl)C3. The average Bonchev–Trinajstić information content (AvgIpc) is 2.85. The van der Waals surface area contributed by atoms with Crippen LogP contribution in [0.15, 0.2) is 68.3 Å². The van der Waals surface area contributed by atoms with E-state index >= 15 is 0 Å². The molecule has 0 atom stereocenters. The molecule has 1 aliphatic rings. The highest BCUT2D eigenvalue weighted by molar-refractivity contribution is 9.10. The van der Waals surface area contributed by atoms with Gasteiger partial charge in [0.2, 0.25) is 11.2 Å². The van der Waals surface area contributed by atoms with Crippen LogP contribution in [-0.4, -0.2) is 18.2 Å². The van der Waals surface area contributed by atoms with E-state index in [-0.39, 0.29) is 30.0 Å². The fourth-order valence-electron chi connectivity index (χ4n) is 4.06. The molecular weight excluding hydrogens is 598 g/mol. The third-order valence-corrected chi connectivity index (χ3v) is 7.12. The molecule has 0 fully saturated rings. The molecule has 0 unspecified atom stereocenters. The molecule has 5 rings (SSSR count). The summed E-state index contributed by atoms with van der Waals surface area (Å²) in [4.78, 5) is 15.2. The first-order chi connectivity index (χ1) is 17.6. The zero-order valence-electron chi connectivity index (χ0n) is 18.9. The van der Waals surface area contributed by atoms with Crippen LogP contribution in [-0.2, 0) is 19.1 Å². The van der Waals surface area contributed by atoms with Crippen molar-refractivity contribution in [2.75, 3.05) is 13.3 Å². The van der Waals surface area contributed by atoms with Crippen molar-refractivity contribution < 1.29 is 27.1 Å². The number of alkyl halides is 3. The van der Waals surface area contributed by atoms with Crippen LogP contribution in [0.3, 0.4) is 0 Å². The number of benzene rings is 3. The van der Waals surface area contributed by atoms with Crippen LogP contribution in [0.5, 0.6) is 17.2 Å². The highest BCUT2D eigenvalue weighted by Gasteiger charge is 2.41. The summed E-state index contributed by atoms with van der Waals surface area (Å²) in [6.45, 7) is 0.919. The topological polar surface area (TPSA) is 51.9 Å². The van der Waals surface area contributed by atoms with Crippen molar-refractivity contribution in [1.29, 1.82) is 0 Å². The smallest absolute Gasteiger partial charge is 0.453 e. The molecular formula is C26H17BrCl2F3NO4. The lowest BCUT2D eigenvalue weighted by molar-refractivity contribution is -0.154. The van der Waals surface area contributed by atoms with Gasteiger partial charge >= 0.3 is 6.18 Å². The Hall–Kier alpha value is -2.72. The third-order valence-electron chi connectivity index (χ3n) is 5.88. The Morgan fingerprint density at radius 3 is 2.59 bits per heavy atom. The molecule has 0 aliphatic carbocycles. The van der Waals surface area contributed by atoms with E-state index in [1.165, 1.54) is 12.1 Å².